The zero-order chi connectivity index (χ0) is 22.8. The van der Waals surface area contributed by atoms with Gasteiger partial charge < -0.3 is 15.0 Å². The largest absolute Gasteiger partial charge is 0.497 e. The highest BCUT2D eigenvalue weighted by molar-refractivity contribution is 6.32. The van der Waals surface area contributed by atoms with E-state index in [0.29, 0.717) is 18.2 Å². The number of likely N-dealkylation sites (tertiary alicyclic amines) is 1. The van der Waals surface area contributed by atoms with Crippen molar-refractivity contribution in [3.63, 3.8) is 0 Å². The van der Waals surface area contributed by atoms with Crippen LogP contribution in [0.1, 0.15) is 24.4 Å². The molecular weight excluding hydrogens is 440 g/mol. The number of aromatic nitrogens is 4. The lowest BCUT2D eigenvalue weighted by atomic mass is 10.0. The summed E-state index contributed by atoms with van der Waals surface area (Å²) in [6.07, 6.45) is 3.93. The van der Waals surface area contributed by atoms with Crippen LogP contribution in [-0.2, 0) is 0 Å². The minimum atomic E-state index is -0.431. The molecule has 1 fully saturated rings. The quantitative estimate of drug-likeness (QED) is 0.429. The van der Waals surface area contributed by atoms with Gasteiger partial charge in [0.15, 0.2) is 0 Å². The molecule has 3 heterocycles. The summed E-state index contributed by atoms with van der Waals surface area (Å²) in [4.78, 5) is 23.0. The van der Waals surface area contributed by atoms with Crippen LogP contribution < -0.4 is 15.6 Å². The van der Waals surface area contributed by atoms with Crippen LogP contribution in [0, 0.1) is 0 Å². The minimum Gasteiger partial charge on any atom is -0.497 e. The van der Waals surface area contributed by atoms with Crippen molar-refractivity contribution in [2.75, 3.05) is 32.1 Å². The Morgan fingerprint density at radius 3 is 2.79 bits per heavy atom. The molecule has 1 aliphatic rings. The van der Waals surface area contributed by atoms with E-state index in [-0.39, 0.29) is 11.1 Å². The van der Waals surface area contributed by atoms with Crippen molar-refractivity contribution in [2.45, 2.75) is 18.9 Å². The molecule has 0 amide bonds. The third-order valence-electron chi connectivity index (χ3n) is 6.04. The highest BCUT2D eigenvalue weighted by Gasteiger charge is 2.24. The average molecular weight is 465 g/mol. The number of methoxy groups -OCH3 is 1. The summed E-state index contributed by atoms with van der Waals surface area (Å²) in [5.41, 5.74) is 2.81. The zero-order valence-corrected chi connectivity index (χ0v) is 19.0. The van der Waals surface area contributed by atoms with Crippen LogP contribution in [0.5, 0.6) is 5.75 Å². The van der Waals surface area contributed by atoms with Crippen LogP contribution >= 0.6 is 11.6 Å². The van der Waals surface area contributed by atoms with Gasteiger partial charge in [0.1, 0.15) is 10.8 Å². The van der Waals surface area contributed by atoms with E-state index in [1.807, 2.05) is 36.4 Å². The van der Waals surface area contributed by atoms with E-state index in [1.165, 1.54) is 17.5 Å². The summed E-state index contributed by atoms with van der Waals surface area (Å²) in [5, 5.41) is 7.74. The maximum Gasteiger partial charge on any atom is 0.295 e. The van der Waals surface area contributed by atoms with E-state index in [4.69, 9.17) is 16.3 Å². The van der Waals surface area contributed by atoms with E-state index < -0.39 is 5.56 Å². The maximum atomic E-state index is 13.0. The second-order valence-corrected chi connectivity index (χ2v) is 8.46. The third kappa shape index (κ3) is 4.31. The van der Waals surface area contributed by atoms with Crippen molar-refractivity contribution in [1.29, 1.82) is 0 Å². The molecule has 0 bridgehead atoms. The number of hydrogen-bond acceptors (Lipinski definition) is 6. The summed E-state index contributed by atoms with van der Waals surface area (Å²) in [7, 11) is 1.67. The molecule has 0 aliphatic carbocycles. The lowest BCUT2D eigenvalue weighted by molar-refractivity contribution is 0.255. The number of nitrogens with one attached hydrogen (secondary N) is 2. The first-order chi connectivity index (χ1) is 16.1. The number of nitrogens with zero attached hydrogens (tertiary/aromatic N) is 4. The van der Waals surface area contributed by atoms with Gasteiger partial charge in [-0.1, -0.05) is 35.9 Å². The number of ether oxygens (including phenoxy) is 1. The van der Waals surface area contributed by atoms with Gasteiger partial charge in [-0.25, -0.2) is 4.98 Å². The first-order valence-electron chi connectivity index (χ1n) is 11.0. The van der Waals surface area contributed by atoms with Crippen LogP contribution in [0.25, 0.3) is 17.0 Å². The average Bonchev–Trinajstić information content (AvgIpc) is 3.52. The van der Waals surface area contributed by atoms with Gasteiger partial charge in [0.25, 0.3) is 5.56 Å². The number of hydrogen-bond donors (Lipinski definition) is 2. The molecule has 0 unspecified atom stereocenters. The topological polar surface area (TPSA) is 88.1 Å². The maximum absolute atomic E-state index is 13.0. The molecule has 33 heavy (non-hydrogen) atoms. The second kappa shape index (κ2) is 9.25. The van der Waals surface area contributed by atoms with Crippen molar-refractivity contribution < 1.29 is 4.74 Å². The number of fused-ring (bicyclic) bond motifs is 1. The fourth-order valence-electron chi connectivity index (χ4n) is 4.31. The van der Waals surface area contributed by atoms with Crippen LogP contribution in [-0.4, -0.2) is 51.4 Å². The number of H-pyrrole nitrogens is 1. The van der Waals surface area contributed by atoms with Gasteiger partial charge in [0, 0.05) is 6.54 Å². The van der Waals surface area contributed by atoms with Gasteiger partial charge in [-0.15, -0.1) is 0 Å². The van der Waals surface area contributed by atoms with E-state index in [9.17, 15) is 4.79 Å². The van der Waals surface area contributed by atoms with Crippen LogP contribution in [0.2, 0.25) is 5.02 Å². The van der Waals surface area contributed by atoms with E-state index in [2.05, 4.69) is 37.4 Å². The molecule has 170 valence electrons. The highest BCUT2D eigenvalue weighted by Crippen LogP contribution is 2.29. The molecule has 8 nitrogen and oxygen atoms in total. The van der Waals surface area contributed by atoms with E-state index in [1.54, 1.807) is 13.3 Å². The van der Waals surface area contributed by atoms with E-state index >= 15 is 0 Å². The lowest BCUT2D eigenvalue weighted by Gasteiger charge is -2.29. The van der Waals surface area contributed by atoms with Gasteiger partial charge in [0.2, 0.25) is 5.95 Å². The smallest absolute Gasteiger partial charge is 0.295 e. The molecule has 2 aromatic heterocycles. The SMILES string of the molecule is COc1cccc([C@@H](CNc2cnn(-c3nc4ccccc4[nH]3)c(=O)c2Cl)N2CCCC2)c1. The predicted octanol–water partition coefficient (Wildman–Crippen LogP) is 4.02. The van der Waals surface area contributed by atoms with Crippen molar-refractivity contribution >= 4 is 28.3 Å². The summed E-state index contributed by atoms with van der Waals surface area (Å²) < 4.78 is 6.61. The van der Waals surface area contributed by atoms with Crippen molar-refractivity contribution in [3.05, 3.63) is 75.7 Å². The Hall–Kier alpha value is -3.36. The number of benzene rings is 2. The minimum absolute atomic E-state index is 0.0799. The molecule has 1 saturated heterocycles. The Morgan fingerprint density at radius 1 is 1.18 bits per heavy atom. The van der Waals surface area contributed by atoms with E-state index in [0.717, 1.165) is 35.4 Å². The Bertz CT molecular complexity index is 1300. The lowest BCUT2D eigenvalue weighted by Crippen LogP contribution is -2.31. The molecule has 1 aliphatic heterocycles. The monoisotopic (exact) mass is 464 g/mol. The summed E-state index contributed by atoms with van der Waals surface area (Å²) in [5.74, 6) is 1.16. The number of halogens is 1. The molecule has 4 aromatic rings. The molecule has 2 aromatic carbocycles. The fraction of sp³-hybridized carbons (Fsp3) is 0.292. The highest BCUT2D eigenvalue weighted by atomic mass is 35.5. The zero-order valence-electron chi connectivity index (χ0n) is 18.3. The number of para-hydroxylation sites is 2. The van der Waals surface area contributed by atoms with Gasteiger partial charge in [-0.3, -0.25) is 9.69 Å². The molecule has 0 saturated carbocycles. The standard InChI is InChI=1S/C24H25ClN6O2/c1-33-17-8-6-7-16(13-17)21(30-11-4-5-12-30)15-26-20-14-27-31(23(32)22(20)25)24-28-18-9-2-3-10-19(18)29-24/h2-3,6-10,13-14,21,26H,4-5,11-12,15H2,1H3,(H,28,29)/t21-/m1/s1. The molecule has 9 heteroatoms. The number of imidazole rings is 1. The third-order valence-corrected chi connectivity index (χ3v) is 6.41. The Balaban J connectivity index is 1.40. The normalized spacial score (nSPS) is 15.1. The number of rotatable bonds is 7. The molecule has 0 radical (unpaired) electrons. The molecule has 5 rings (SSSR count). The number of aromatic amines is 1. The van der Waals surface area contributed by atoms with Gasteiger partial charge in [-0.05, 0) is 55.8 Å². The first kappa shape index (κ1) is 21.5. The summed E-state index contributed by atoms with van der Waals surface area (Å²) in [6, 6.07) is 15.8. The Morgan fingerprint density at radius 2 is 2.00 bits per heavy atom. The summed E-state index contributed by atoms with van der Waals surface area (Å²) >= 11 is 6.47. The Kier molecular flexibility index (Phi) is 6.02. The molecule has 0 spiro atoms. The Labute approximate surface area is 196 Å². The van der Waals surface area contributed by atoms with Crippen LogP contribution in [0.4, 0.5) is 5.69 Å². The van der Waals surface area contributed by atoms with Crippen molar-refractivity contribution in [2.24, 2.45) is 0 Å². The molecule has 2 N–H and O–H groups in total. The number of anilines is 1. The fourth-order valence-corrected chi connectivity index (χ4v) is 4.51. The molecule has 1 atom stereocenters. The molecular formula is C24H25ClN6O2. The van der Waals surface area contributed by atoms with Crippen molar-refractivity contribution in [1.82, 2.24) is 24.6 Å². The van der Waals surface area contributed by atoms with Gasteiger partial charge in [0.05, 0.1) is 36.1 Å². The van der Waals surface area contributed by atoms with Crippen molar-refractivity contribution in [3.8, 4) is 11.7 Å². The van der Waals surface area contributed by atoms with Crippen LogP contribution in [0.15, 0.2) is 59.5 Å². The van der Waals surface area contributed by atoms with Crippen LogP contribution in [0.3, 0.4) is 0 Å². The van der Waals surface area contributed by atoms with Gasteiger partial charge in [-0.2, -0.15) is 9.78 Å². The second-order valence-electron chi connectivity index (χ2n) is 8.08. The summed E-state index contributed by atoms with van der Waals surface area (Å²) in [6.45, 7) is 2.65. The first-order valence-corrected chi connectivity index (χ1v) is 11.4. The van der Waals surface area contributed by atoms with Gasteiger partial charge >= 0.3 is 0 Å². The predicted molar refractivity (Wildman–Crippen MR) is 130 cm³/mol.